The van der Waals surface area contributed by atoms with Crippen molar-refractivity contribution in [2.24, 2.45) is 17.8 Å². The molecule has 0 aromatic carbocycles. The highest BCUT2D eigenvalue weighted by Gasteiger charge is 2.33. The van der Waals surface area contributed by atoms with Gasteiger partial charge in [-0.15, -0.1) is 0 Å². The highest BCUT2D eigenvalue weighted by molar-refractivity contribution is 5.45. The zero-order valence-corrected chi connectivity index (χ0v) is 14.8. The van der Waals surface area contributed by atoms with E-state index in [9.17, 15) is 9.65 Å². The van der Waals surface area contributed by atoms with Crippen LogP contribution < -0.4 is 16.0 Å². The van der Waals surface area contributed by atoms with Crippen molar-refractivity contribution < 1.29 is 4.39 Å². The second-order valence-electron chi connectivity index (χ2n) is 7.45. The van der Waals surface area contributed by atoms with Crippen LogP contribution in [-0.4, -0.2) is 31.8 Å². The van der Waals surface area contributed by atoms with E-state index < -0.39 is 6.17 Å². The summed E-state index contributed by atoms with van der Waals surface area (Å²) in [6, 6.07) is 2.60. The second-order valence-corrected chi connectivity index (χ2v) is 7.45. The molecule has 3 N–H and O–H groups in total. The summed E-state index contributed by atoms with van der Waals surface area (Å²) >= 11 is 0. The molecule has 4 unspecified atom stereocenters. The predicted molar refractivity (Wildman–Crippen MR) is 101 cm³/mol. The normalized spacial score (nSPS) is 33.9. The molecule has 26 heavy (non-hydrogen) atoms. The molecule has 0 aromatic rings. The number of nitriles is 1. The van der Waals surface area contributed by atoms with Gasteiger partial charge in [0.15, 0.2) is 0 Å². The fraction of sp³-hybridized carbons (Fsp3) is 0.476. The maximum atomic E-state index is 14.6. The SMILES string of the molecule is N#CC1=CC(C2=CC3C=CNCC3C(NC3CCNCC3)=C2)C(F)C=C1. The van der Waals surface area contributed by atoms with Gasteiger partial charge in [0.1, 0.15) is 6.17 Å². The lowest BCUT2D eigenvalue weighted by molar-refractivity contribution is 0.338. The van der Waals surface area contributed by atoms with Gasteiger partial charge in [-0.2, -0.15) is 5.26 Å². The number of halogens is 1. The summed E-state index contributed by atoms with van der Waals surface area (Å²) in [4.78, 5) is 0. The van der Waals surface area contributed by atoms with Crippen LogP contribution in [0, 0.1) is 29.1 Å². The Morgan fingerprint density at radius 2 is 2.04 bits per heavy atom. The minimum absolute atomic E-state index is 0.262. The minimum Gasteiger partial charge on any atom is -0.390 e. The standard InChI is InChI=1S/C21H25FN4/c22-20-2-1-14(12-23)9-18(20)16-10-15-3-6-25-13-19(15)21(11-16)26-17-4-7-24-8-5-17/h1-3,6,9-11,15,17-20,24-26H,4-5,7-8,13H2. The first-order valence-corrected chi connectivity index (χ1v) is 9.49. The highest BCUT2D eigenvalue weighted by atomic mass is 19.1. The van der Waals surface area contributed by atoms with E-state index in [1.807, 2.05) is 6.20 Å². The quantitative estimate of drug-likeness (QED) is 0.730. The zero-order valence-electron chi connectivity index (χ0n) is 14.8. The van der Waals surface area contributed by atoms with Gasteiger partial charge in [0.05, 0.1) is 6.07 Å². The molecule has 0 bridgehead atoms. The minimum atomic E-state index is -1.09. The van der Waals surface area contributed by atoms with E-state index in [4.69, 9.17) is 0 Å². The lowest BCUT2D eigenvalue weighted by Gasteiger charge is -2.37. The van der Waals surface area contributed by atoms with Gasteiger partial charge < -0.3 is 16.0 Å². The second kappa shape index (κ2) is 7.51. The Morgan fingerprint density at radius 3 is 2.85 bits per heavy atom. The first kappa shape index (κ1) is 17.1. The van der Waals surface area contributed by atoms with Crippen LogP contribution >= 0.6 is 0 Å². The van der Waals surface area contributed by atoms with Crippen LogP contribution in [0.5, 0.6) is 0 Å². The summed E-state index contributed by atoms with van der Waals surface area (Å²) in [5, 5.41) is 19.7. The molecule has 5 heteroatoms. The van der Waals surface area contributed by atoms with E-state index in [2.05, 4.69) is 40.2 Å². The Hall–Kier alpha value is -2.32. The molecular weight excluding hydrogens is 327 g/mol. The monoisotopic (exact) mass is 352 g/mol. The molecule has 1 saturated heterocycles. The van der Waals surface area contributed by atoms with Crippen molar-refractivity contribution in [2.75, 3.05) is 19.6 Å². The predicted octanol–water partition coefficient (Wildman–Crippen LogP) is 2.48. The lowest BCUT2D eigenvalue weighted by atomic mass is 9.76. The van der Waals surface area contributed by atoms with Gasteiger partial charge >= 0.3 is 0 Å². The van der Waals surface area contributed by atoms with Gasteiger partial charge in [0.25, 0.3) is 0 Å². The Balaban J connectivity index is 1.62. The molecule has 0 saturated carbocycles. The van der Waals surface area contributed by atoms with Crippen molar-refractivity contribution in [3.05, 3.63) is 59.5 Å². The van der Waals surface area contributed by atoms with Crippen LogP contribution in [0.25, 0.3) is 0 Å². The number of rotatable bonds is 3. The first-order chi connectivity index (χ1) is 12.7. The van der Waals surface area contributed by atoms with Crippen LogP contribution in [-0.2, 0) is 0 Å². The van der Waals surface area contributed by atoms with Crippen LogP contribution in [0.4, 0.5) is 4.39 Å². The molecule has 0 amide bonds. The first-order valence-electron chi connectivity index (χ1n) is 9.49. The molecular formula is C21H25FN4. The number of nitrogens with one attached hydrogen (secondary N) is 3. The molecule has 2 heterocycles. The van der Waals surface area contributed by atoms with Crippen LogP contribution in [0.3, 0.4) is 0 Å². The number of allylic oxidation sites excluding steroid dienone is 8. The number of hydrogen-bond donors (Lipinski definition) is 3. The Kier molecular flexibility index (Phi) is 4.94. The van der Waals surface area contributed by atoms with E-state index in [-0.39, 0.29) is 11.8 Å². The van der Waals surface area contributed by atoms with E-state index >= 15 is 0 Å². The van der Waals surface area contributed by atoms with E-state index in [1.165, 1.54) is 11.8 Å². The Morgan fingerprint density at radius 1 is 1.19 bits per heavy atom. The van der Waals surface area contributed by atoms with Gasteiger partial charge in [0.2, 0.25) is 0 Å². The molecule has 4 nitrogen and oxygen atoms in total. The molecule has 136 valence electrons. The van der Waals surface area contributed by atoms with Crippen LogP contribution in [0.2, 0.25) is 0 Å². The zero-order chi connectivity index (χ0) is 17.9. The number of alkyl halides is 1. The fourth-order valence-corrected chi connectivity index (χ4v) is 4.26. The smallest absolute Gasteiger partial charge is 0.129 e. The van der Waals surface area contributed by atoms with Crippen molar-refractivity contribution >= 4 is 0 Å². The largest absolute Gasteiger partial charge is 0.390 e. The third-order valence-corrected chi connectivity index (χ3v) is 5.73. The van der Waals surface area contributed by atoms with Crippen LogP contribution in [0.15, 0.2) is 59.5 Å². The molecule has 1 fully saturated rings. The van der Waals surface area contributed by atoms with Crippen LogP contribution in [0.1, 0.15) is 12.8 Å². The third-order valence-electron chi connectivity index (χ3n) is 5.73. The topological polar surface area (TPSA) is 59.9 Å². The molecule has 4 rings (SSSR count). The van der Waals surface area contributed by atoms with Gasteiger partial charge in [0, 0.05) is 41.6 Å². The number of nitrogens with zero attached hydrogens (tertiary/aromatic N) is 1. The summed E-state index contributed by atoms with van der Waals surface area (Å²) in [5.41, 5.74) is 2.71. The maximum Gasteiger partial charge on any atom is 0.129 e. The summed E-state index contributed by atoms with van der Waals surface area (Å²) in [7, 11) is 0. The number of fused-ring (bicyclic) bond motifs is 1. The Bertz CT molecular complexity index is 734. The van der Waals surface area contributed by atoms with Gasteiger partial charge in [-0.1, -0.05) is 18.2 Å². The molecule has 2 aliphatic heterocycles. The molecule has 4 atom stereocenters. The highest BCUT2D eigenvalue weighted by Crippen LogP contribution is 2.37. The van der Waals surface area contributed by atoms with Crippen molar-refractivity contribution in [3.8, 4) is 6.07 Å². The molecule has 2 aliphatic carbocycles. The maximum absolute atomic E-state index is 14.6. The fourth-order valence-electron chi connectivity index (χ4n) is 4.26. The van der Waals surface area contributed by atoms with E-state index in [0.717, 1.165) is 38.0 Å². The van der Waals surface area contributed by atoms with E-state index in [1.54, 1.807) is 12.2 Å². The van der Waals surface area contributed by atoms with Gasteiger partial charge in [-0.05, 0) is 55.9 Å². The van der Waals surface area contributed by atoms with Crippen molar-refractivity contribution in [1.82, 2.24) is 16.0 Å². The Labute approximate surface area is 154 Å². The molecule has 0 aromatic heterocycles. The summed E-state index contributed by atoms with van der Waals surface area (Å²) < 4.78 is 14.6. The lowest BCUT2D eigenvalue weighted by Crippen LogP contribution is -2.44. The molecule has 4 aliphatic rings. The summed E-state index contributed by atoms with van der Waals surface area (Å²) in [6.45, 7) is 2.96. The molecule has 0 radical (unpaired) electrons. The van der Waals surface area contributed by atoms with E-state index in [0.29, 0.717) is 17.5 Å². The summed E-state index contributed by atoms with van der Waals surface area (Å²) in [6.07, 6.45) is 14.4. The van der Waals surface area contributed by atoms with Gasteiger partial charge in [-0.25, -0.2) is 4.39 Å². The number of hydrogen-bond acceptors (Lipinski definition) is 4. The van der Waals surface area contributed by atoms with Crippen molar-refractivity contribution in [2.45, 2.75) is 25.1 Å². The third kappa shape index (κ3) is 3.47. The van der Waals surface area contributed by atoms with Crippen molar-refractivity contribution in [3.63, 3.8) is 0 Å². The summed E-state index contributed by atoms with van der Waals surface area (Å²) in [5.74, 6) is 0.233. The number of piperidine rings is 1. The van der Waals surface area contributed by atoms with Gasteiger partial charge in [-0.3, -0.25) is 0 Å². The average Bonchev–Trinajstić information content (AvgIpc) is 2.69. The average molecular weight is 352 g/mol. The van der Waals surface area contributed by atoms with Crippen molar-refractivity contribution in [1.29, 1.82) is 5.26 Å². The molecule has 0 spiro atoms.